The van der Waals surface area contributed by atoms with Crippen LogP contribution in [0.5, 0.6) is 0 Å². The van der Waals surface area contributed by atoms with Crippen LogP contribution >= 0.6 is 11.8 Å². The molecule has 100 valence electrons. The van der Waals surface area contributed by atoms with E-state index in [1.54, 1.807) is 0 Å². The Kier molecular flexibility index (Phi) is 4.89. The molecule has 2 atom stereocenters. The molecule has 0 aromatic carbocycles. The van der Waals surface area contributed by atoms with Crippen LogP contribution in [0.2, 0.25) is 0 Å². The Hall–Kier alpha value is -0.740. The van der Waals surface area contributed by atoms with E-state index in [0.29, 0.717) is 6.04 Å². The molecule has 4 heteroatoms. The van der Waals surface area contributed by atoms with Crippen LogP contribution in [-0.4, -0.2) is 35.6 Å². The number of hydrogen-bond donors (Lipinski definition) is 1. The van der Waals surface area contributed by atoms with Gasteiger partial charge in [-0.1, -0.05) is 13.0 Å². The molecule has 0 saturated carbocycles. The van der Waals surface area contributed by atoms with E-state index in [1.807, 2.05) is 18.0 Å². The van der Waals surface area contributed by atoms with Gasteiger partial charge in [0.2, 0.25) is 0 Å². The van der Waals surface area contributed by atoms with Crippen molar-refractivity contribution < 1.29 is 0 Å². The van der Waals surface area contributed by atoms with Gasteiger partial charge in [0, 0.05) is 31.1 Å². The minimum Gasteiger partial charge on any atom is -0.356 e. The van der Waals surface area contributed by atoms with E-state index in [2.05, 4.69) is 36.0 Å². The number of rotatable bonds is 5. The molecular weight excluding hydrogens is 242 g/mol. The van der Waals surface area contributed by atoms with Crippen molar-refractivity contribution in [1.82, 2.24) is 4.98 Å². The standard InChI is InChI=1S/C14H23N3S/c1-3-12(15)8-11-4-5-14(16-9-11)17(2)13-6-7-18-10-13/h4-5,9,12-13H,3,6-8,10,15H2,1-2H3. The normalized spacial score (nSPS) is 20.9. The van der Waals surface area contributed by atoms with Crippen molar-refractivity contribution in [2.24, 2.45) is 5.73 Å². The first kappa shape index (κ1) is 13.7. The van der Waals surface area contributed by atoms with E-state index in [0.717, 1.165) is 18.7 Å². The summed E-state index contributed by atoms with van der Waals surface area (Å²) in [5.74, 6) is 3.58. The van der Waals surface area contributed by atoms with Crippen LogP contribution in [0, 0.1) is 0 Å². The molecule has 0 aliphatic carbocycles. The molecule has 0 radical (unpaired) electrons. The summed E-state index contributed by atoms with van der Waals surface area (Å²) in [7, 11) is 2.15. The van der Waals surface area contributed by atoms with Crippen LogP contribution in [0.1, 0.15) is 25.3 Å². The van der Waals surface area contributed by atoms with Gasteiger partial charge in [0.05, 0.1) is 0 Å². The molecule has 3 nitrogen and oxygen atoms in total. The Morgan fingerprint density at radius 1 is 1.56 bits per heavy atom. The third-order valence-electron chi connectivity index (χ3n) is 3.65. The summed E-state index contributed by atoms with van der Waals surface area (Å²) in [5.41, 5.74) is 7.20. The van der Waals surface area contributed by atoms with Crippen LogP contribution in [0.15, 0.2) is 18.3 Å². The number of hydrogen-bond acceptors (Lipinski definition) is 4. The van der Waals surface area contributed by atoms with Gasteiger partial charge in [-0.15, -0.1) is 0 Å². The van der Waals surface area contributed by atoms with Crippen molar-refractivity contribution in [1.29, 1.82) is 0 Å². The van der Waals surface area contributed by atoms with Gasteiger partial charge in [-0.3, -0.25) is 0 Å². The first-order chi connectivity index (χ1) is 8.70. The lowest BCUT2D eigenvalue weighted by Crippen LogP contribution is -2.31. The van der Waals surface area contributed by atoms with Gasteiger partial charge in [-0.25, -0.2) is 4.98 Å². The summed E-state index contributed by atoms with van der Waals surface area (Å²) in [5, 5.41) is 0. The molecule has 0 bridgehead atoms. The number of nitrogens with zero attached hydrogens (tertiary/aromatic N) is 2. The molecule has 1 aliphatic rings. The zero-order chi connectivity index (χ0) is 13.0. The van der Waals surface area contributed by atoms with E-state index in [1.165, 1.54) is 23.5 Å². The highest BCUT2D eigenvalue weighted by Crippen LogP contribution is 2.24. The lowest BCUT2D eigenvalue weighted by molar-refractivity contribution is 0.644. The predicted octanol–water partition coefficient (Wildman–Crippen LogP) is 2.30. The van der Waals surface area contributed by atoms with Crippen molar-refractivity contribution in [2.75, 3.05) is 23.5 Å². The highest BCUT2D eigenvalue weighted by molar-refractivity contribution is 7.99. The number of nitrogens with two attached hydrogens (primary N) is 1. The fourth-order valence-corrected chi connectivity index (χ4v) is 3.48. The second-order valence-electron chi connectivity index (χ2n) is 5.03. The third kappa shape index (κ3) is 3.39. The topological polar surface area (TPSA) is 42.1 Å². The summed E-state index contributed by atoms with van der Waals surface area (Å²) in [6.07, 6.45) is 5.18. The second kappa shape index (κ2) is 6.43. The van der Waals surface area contributed by atoms with Crippen molar-refractivity contribution in [3.63, 3.8) is 0 Å². The molecule has 1 fully saturated rings. The monoisotopic (exact) mass is 265 g/mol. The quantitative estimate of drug-likeness (QED) is 0.887. The molecule has 1 aromatic heterocycles. The molecule has 2 N–H and O–H groups in total. The largest absolute Gasteiger partial charge is 0.356 e. The third-order valence-corrected chi connectivity index (χ3v) is 4.79. The molecule has 1 aliphatic heterocycles. The van der Waals surface area contributed by atoms with Crippen molar-refractivity contribution in [2.45, 2.75) is 38.3 Å². The lowest BCUT2D eigenvalue weighted by Gasteiger charge is -2.25. The Labute approximate surface area is 114 Å². The van der Waals surface area contributed by atoms with Crippen LogP contribution < -0.4 is 10.6 Å². The molecular formula is C14H23N3S. The van der Waals surface area contributed by atoms with Gasteiger partial charge in [-0.2, -0.15) is 11.8 Å². The molecule has 0 spiro atoms. The van der Waals surface area contributed by atoms with Crippen LogP contribution in [0.25, 0.3) is 0 Å². The van der Waals surface area contributed by atoms with E-state index < -0.39 is 0 Å². The fraction of sp³-hybridized carbons (Fsp3) is 0.643. The van der Waals surface area contributed by atoms with Crippen molar-refractivity contribution >= 4 is 17.6 Å². The number of pyridine rings is 1. The zero-order valence-electron chi connectivity index (χ0n) is 11.3. The van der Waals surface area contributed by atoms with Crippen molar-refractivity contribution in [3.8, 4) is 0 Å². The molecule has 1 saturated heterocycles. The van der Waals surface area contributed by atoms with Gasteiger partial charge in [0.25, 0.3) is 0 Å². The molecule has 0 amide bonds. The highest BCUT2D eigenvalue weighted by atomic mass is 32.2. The van der Waals surface area contributed by atoms with E-state index in [4.69, 9.17) is 5.73 Å². The smallest absolute Gasteiger partial charge is 0.128 e. The van der Waals surface area contributed by atoms with Gasteiger partial charge >= 0.3 is 0 Å². The minimum atomic E-state index is 0.251. The van der Waals surface area contributed by atoms with Gasteiger partial charge in [0.1, 0.15) is 5.82 Å². The zero-order valence-corrected chi connectivity index (χ0v) is 12.1. The number of anilines is 1. The first-order valence-electron chi connectivity index (χ1n) is 6.71. The summed E-state index contributed by atoms with van der Waals surface area (Å²) in [6, 6.07) is 5.19. The highest BCUT2D eigenvalue weighted by Gasteiger charge is 2.20. The van der Waals surface area contributed by atoms with Gasteiger partial charge < -0.3 is 10.6 Å². The van der Waals surface area contributed by atoms with E-state index in [9.17, 15) is 0 Å². The fourth-order valence-electron chi connectivity index (χ4n) is 2.21. The molecule has 1 aromatic rings. The first-order valence-corrected chi connectivity index (χ1v) is 7.87. The maximum absolute atomic E-state index is 5.96. The summed E-state index contributed by atoms with van der Waals surface area (Å²) in [4.78, 5) is 6.88. The Balaban J connectivity index is 1.98. The SMILES string of the molecule is CCC(N)Cc1ccc(N(C)C2CCSC2)nc1. The van der Waals surface area contributed by atoms with Gasteiger partial charge in [0.15, 0.2) is 0 Å². The Morgan fingerprint density at radius 3 is 2.94 bits per heavy atom. The average Bonchev–Trinajstić information content (AvgIpc) is 2.92. The minimum absolute atomic E-state index is 0.251. The van der Waals surface area contributed by atoms with Crippen LogP contribution in [0.3, 0.4) is 0 Å². The Bertz CT molecular complexity index is 360. The summed E-state index contributed by atoms with van der Waals surface area (Å²) < 4.78 is 0. The number of aromatic nitrogens is 1. The second-order valence-corrected chi connectivity index (χ2v) is 6.18. The van der Waals surface area contributed by atoms with Crippen LogP contribution in [-0.2, 0) is 6.42 Å². The average molecular weight is 265 g/mol. The summed E-state index contributed by atoms with van der Waals surface area (Å²) in [6.45, 7) is 2.12. The van der Waals surface area contributed by atoms with Crippen LogP contribution in [0.4, 0.5) is 5.82 Å². The lowest BCUT2D eigenvalue weighted by atomic mass is 10.1. The number of thioether (sulfide) groups is 1. The Morgan fingerprint density at radius 2 is 2.39 bits per heavy atom. The van der Waals surface area contributed by atoms with E-state index >= 15 is 0 Å². The molecule has 2 heterocycles. The summed E-state index contributed by atoms with van der Waals surface area (Å²) >= 11 is 2.03. The molecule has 18 heavy (non-hydrogen) atoms. The van der Waals surface area contributed by atoms with E-state index in [-0.39, 0.29) is 6.04 Å². The molecule has 2 unspecified atom stereocenters. The molecule has 2 rings (SSSR count). The van der Waals surface area contributed by atoms with Gasteiger partial charge in [-0.05, 0) is 36.6 Å². The predicted molar refractivity (Wildman–Crippen MR) is 80.3 cm³/mol. The maximum atomic E-state index is 5.96. The van der Waals surface area contributed by atoms with Crippen molar-refractivity contribution in [3.05, 3.63) is 23.9 Å². The maximum Gasteiger partial charge on any atom is 0.128 e.